The minimum absolute atomic E-state index is 0.00501. The Hall–Kier alpha value is -2.33. The first-order valence-corrected chi connectivity index (χ1v) is 7.74. The molecule has 1 amide bonds. The maximum atomic E-state index is 11.9. The van der Waals surface area contributed by atoms with E-state index >= 15 is 0 Å². The van der Waals surface area contributed by atoms with E-state index < -0.39 is 0 Å². The summed E-state index contributed by atoms with van der Waals surface area (Å²) in [7, 11) is 0. The van der Waals surface area contributed by atoms with E-state index in [9.17, 15) is 9.59 Å². The molecule has 2 aromatic carbocycles. The molecule has 5 heteroatoms. The summed E-state index contributed by atoms with van der Waals surface area (Å²) in [6.07, 6.45) is 0.344. The van der Waals surface area contributed by atoms with Crippen molar-refractivity contribution in [3.8, 4) is 0 Å². The summed E-state index contributed by atoms with van der Waals surface area (Å²) in [6.45, 7) is 4.00. The molecule has 23 heavy (non-hydrogen) atoms. The molecule has 0 aliphatic carbocycles. The second-order valence-electron chi connectivity index (χ2n) is 5.32. The predicted octanol–water partition coefficient (Wildman–Crippen LogP) is 4.29. The van der Waals surface area contributed by atoms with E-state index in [2.05, 4.69) is 10.6 Å². The highest BCUT2D eigenvalue weighted by molar-refractivity contribution is 6.30. The molecule has 0 saturated carbocycles. The first kappa shape index (κ1) is 17.0. The van der Waals surface area contributed by atoms with E-state index in [1.54, 1.807) is 24.3 Å². The summed E-state index contributed by atoms with van der Waals surface area (Å²) < 4.78 is 0. The summed E-state index contributed by atoms with van der Waals surface area (Å²) in [6, 6.07) is 12.4. The highest BCUT2D eigenvalue weighted by Gasteiger charge is 2.05. The zero-order valence-corrected chi connectivity index (χ0v) is 13.9. The van der Waals surface area contributed by atoms with E-state index in [1.165, 1.54) is 6.92 Å². The smallest absolute Gasteiger partial charge is 0.226 e. The molecule has 0 aliphatic heterocycles. The molecule has 0 radical (unpaired) electrons. The molecule has 2 N–H and O–H groups in total. The summed E-state index contributed by atoms with van der Waals surface area (Å²) in [4.78, 5) is 23.1. The number of carbonyl (C=O) groups is 2. The maximum absolute atomic E-state index is 11.9. The molecule has 0 spiro atoms. The lowest BCUT2D eigenvalue weighted by atomic mass is 10.1. The summed E-state index contributed by atoms with van der Waals surface area (Å²) in [5.74, 6) is -0.0786. The van der Waals surface area contributed by atoms with E-state index in [0.717, 1.165) is 11.3 Å². The van der Waals surface area contributed by atoms with Crippen molar-refractivity contribution in [2.24, 2.45) is 0 Å². The van der Waals surface area contributed by atoms with Crippen LogP contribution in [0.2, 0.25) is 5.02 Å². The summed E-state index contributed by atoms with van der Waals surface area (Å²) in [5.41, 5.74) is 3.32. The SMILES string of the molecule is CC(=O)c1ccc(NC(=O)CCNc2ccc(Cl)cc2C)cc1. The van der Waals surface area contributed by atoms with Crippen LogP contribution >= 0.6 is 11.6 Å². The molecule has 2 rings (SSSR count). The van der Waals surface area contributed by atoms with Gasteiger partial charge in [0.05, 0.1) is 0 Å². The van der Waals surface area contributed by atoms with Crippen LogP contribution < -0.4 is 10.6 Å². The van der Waals surface area contributed by atoms with E-state index in [4.69, 9.17) is 11.6 Å². The molecule has 4 nitrogen and oxygen atoms in total. The van der Waals surface area contributed by atoms with Gasteiger partial charge < -0.3 is 10.6 Å². The van der Waals surface area contributed by atoms with Crippen LogP contribution in [0.25, 0.3) is 0 Å². The quantitative estimate of drug-likeness (QED) is 0.777. The summed E-state index contributed by atoms with van der Waals surface area (Å²) in [5, 5.41) is 6.72. The van der Waals surface area contributed by atoms with E-state index in [1.807, 2.05) is 25.1 Å². The van der Waals surface area contributed by atoms with Crippen molar-refractivity contribution in [3.05, 3.63) is 58.6 Å². The molecule has 0 fully saturated rings. The second-order valence-corrected chi connectivity index (χ2v) is 5.75. The molecule has 0 aromatic heterocycles. The third-order valence-corrected chi connectivity index (χ3v) is 3.67. The largest absolute Gasteiger partial charge is 0.384 e. The molecule has 0 bridgehead atoms. The molecular formula is C18H19ClN2O2. The lowest BCUT2D eigenvalue weighted by molar-refractivity contribution is -0.115. The van der Waals surface area contributed by atoms with Crippen molar-refractivity contribution in [2.45, 2.75) is 20.3 Å². The van der Waals surface area contributed by atoms with Gasteiger partial charge in [0.1, 0.15) is 0 Å². The number of hydrogen-bond donors (Lipinski definition) is 2. The van der Waals surface area contributed by atoms with Gasteiger partial charge in [0.25, 0.3) is 0 Å². The number of benzene rings is 2. The Labute approximate surface area is 140 Å². The zero-order chi connectivity index (χ0) is 16.8. The topological polar surface area (TPSA) is 58.2 Å². The van der Waals surface area contributed by atoms with Crippen molar-refractivity contribution in [1.29, 1.82) is 0 Å². The molecule has 0 atom stereocenters. The maximum Gasteiger partial charge on any atom is 0.226 e. The van der Waals surface area contributed by atoms with Crippen LogP contribution in [-0.4, -0.2) is 18.2 Å². The zero-order valence-electron chi connectivity index (χ0n) is 13.2. The van der Waals surface area contributed by atoms with Crippen molar-refractivity contribution >= 4 is 34.7 Å². The monoisotopic (exact) mass is 330 g/mol. The van der Waals surface area contributed by atoms with Gasteiger partial charge in [-0.25, -0.2) is 0 Å². The molecule has 0 unspecified atom stereocenters. The molecule has 120 valence electrons. The molecule has 0 heterocycles. The number of ketones is 1. The minimum atomic E-state index is -0.0836. The number of carbonyl (C=O) groups excluding carboxylic acids is 2. The first-order chi connectivity index (χ1) is 11.0. The summed E-state index contributed by atoms with van der Waals surface area (Å²) >= 11 is 5.91. The van der Waals surface area contributed by atoms with Gasteiger partial charge in [-0.2, -0.15) is 0 Å². The highest BCUT2D eigenvalue weighted by Crippen LogP contribution is 2.19. The van der Waals surface area contributed by atoms with Gasteiger partial charge in [-0.15, -0.1) is 0 Å². The number of amides is 1. The van der Waals surface area contributed by atoms with Crippen LogP contribution in [0.3, 0.4) is 0 Å². The van der Waals surface area contributed by atoms with Crippen molar-refractivity contribution in [1.82, 2.24) is 0 Å². The van der Waals surface area contributed by atoms with Gasteiger partial charge in [0.2, 0.25) is 5.91 Å². The lowest BCUT2D eigenvalue weighted by Gasteiger charge is -2.10. The van der Waals surface area contributed by atoms with Crippen LogP contribution in [0.4, 0.5) is 11.4 Å². The van der Waals surface area contributed by atoms with Crippen LogP contribution in [0.1, 0.15) is 29.3 Å². The number of hydrogen-bond acceptors (Lipinski definition) is 3. The van der Waals surface area contributed by atoms with Crippen molar-refractivity contribution in [2.75, 3.05) is 17.2 Å². The normalized spacial score (nSPS) is 10.2. The number of aryl methyl sites for hydroxylation is 1. The fourth-order valence-corrected chi connectivity index (χ4v) is 2.37. The minimum Gasteiger partial charge on any atom is -0.384 e. The third kappa shape index (κ3) is 5.11. The highest BCUT2D eigenvalue weighted by atomic mass is 35.5. The van der Waals surface area contributed by atoms with Crippen LogP contribution in [-0.2, 0) is 4.79 Å². The molecular weight excluding hydrogens is 312 g/mol. The standard InChI is InChI=1S/C18H19ClN2O2/c1-12-11-15(19)5-8-17(12)20-10-9-18(23)21-16-6-3-14(4-7-16)13(2)22/h3-8,11,20H,9-10H2,1-2H3,(H,21,23). The number of rotatable bonds is 6. The van der Waals surface area contributed by atoms with Gasteiger partial charge in [-0.3, -0.25) is 9.59 Å². The Morgan fingerprint density at radius 3 is 2.39 bits per heavy atom. The van der Waals surface area contributed by atoms with Gasteiger partial charge in [-0.05, 0) is 61.9 Å². The number of halogens is 1. The first-order valence-electron chi connectivity index (χ1n) is 7.36. The number of nitrogens with one attached hydrogen (secondary N) is 2. The Balaban J connectivity index is 1.82. The van der Waals surface area contributed by atoms with Crippen molar-refractivity contribution in [3.63, 3.8) is 0 Å². The van der Waals surface area contributed by atoms with Crippen LogP contribution in [0.5, 0.6) is 0 Å². The fourth-order valence-electron chi connectivity index (χ4n) is 2.15. The average molecular weight is 331 g/mol. The second kappa shape index (κ2) is 7.79. The Morgan fingerprint density at radius 2 is 1.78 bits per heavy atom. The van der Waals surface area contributed by atoms with Crippen LogP contribution in [0.15, 0.2) is 42.5 Å². The Morgan fingerprint density at radius 1 is 1.09 bits per heavy atom. The molecule has 0 aliphatic rings. The fraction of sp³-hybridized carbons (Fsp3) is 0.222. The van der Waals surface area contributed by atoms with Gasteiger partial charge in [0.15, 0.2) is 5.78 Å². The Kier molecular flexibility index (Phi) is 5.77. The average Bonchev–Trinajstić information content (AvgIpc) is 2.50. The predicted molar refractivity (Wildman–Crippen MR) is 94.4 cm³/mol. The molecule has 0 saturated heterocycles. The lowest BCUT2D eigenvalue weighted by Crippen LogP contribution is -2.16. The number of anilines is 2. The van der Waals surface area contributed by atoms with Crippen molar-refractivity contribution < 1.29 is 9.59 Å². The van der Waals surface area contributed by atoms with Gasteiger partial charge in [-0.1, -0.05) is 11.6 Å². The number of Topliss-reactive ketones (excluding diaryl/α,β-unsaturated/α-hetero) is 1. The molecule has 2 aromatic rings. The van der Waals surface area contributed by atoms with Crippen LogP contribution in [0, 0.1) is 6.92 Å². The Bertz CT molecular complexity index is 711. The van der Waals surface area contributed by atoms with E-state index in [-0.39, 0.29) is 11.7 Å². The third-order valence-electron chi connectivity index (χ3n) is 3.43. The van der Waals surface area contributed by atoms with Gasteiger partial charge in [0, 0.05) is 34.9 Å². The van der Waals surface area contributed by atoms with E-state index in [0.29, 0.717) is 29.2 Å². The van der Waals surface area contributed by atoms with Gasteiger partial charge >= 0.3 is 0 Å².